The van der Waals surface area contributed by atoms with Crippen molar-refractivity contribution in [2.45, 2.75) is 77.7 Å². The van der Waals surface area contributed by atoms with Gasteiger partial charge in [0.25, 0.3) is 0 Å². The van der Waals surface area contributed by atoms with Crippen LogP contribution in [0.5, 0.6) is 0 Å². The third-order valence-electron chi connectivity index (χ3n) is 8.81. The lowest BCUT2D eigenvalue weighted by Crippen LogP contribution is -2.54. The van der Waals surface area contributed by atoms with Gasteiger partial charge in [0.1, 0.15) is 5.82 Å². The molecule has 0 unspecified atom stereocenters. The lowest BCUT2D eigenvalue weighted by molar-refractivity contribution is -0.146. The minimum Gasteiger partial charge on any atom is -0.347 e. The van der Waals surface area contributed by atoms with E-state index in [0.29, 0.717) is 17.8 Å². The molecule has 4 fully saturated rings. The molecule has 7 heteroatoms. The summed E-state index contributed by atoms with van der Waals surface area (Å²) in [5, 5.41) is 14.9. The maximum Gasteiger partial charge on any atom is 0.243 e. The molecule has 2 amide bonds. The molecule has 4 aliphatic carbocycles. The maximum absolute atomic E-state index is 13.2. The summed E-state index contributed by atoms with van der Waals surface area (Å²) in [6.45, 7) is 2.94. The molecule has 1 aromatic carbocycles. The predicted octanol–water partition coefficient (Wildman–Crippen LogP) is 4.25. The summed E-state index contributed by atoms with van der Waals surface area (Å²) in [5.74, 6) is 3.96. The Morgan fingerprint density at radius 3 is 2.50 bits per heavy atom. The summed E-state index contributed by atoms with van der Waals surface area (Å²) in [6.07, 6.45) is 11.4. The van der Waals surface area contributed by atoms with Gasteiger partial charge in [-0.15, -0.1) is 10.2 Å². The summed E-state index contributed by atoms with van der Waals surface area (Å²) >= 11 is 0. The van der Waals surface area contributed by atoms with Crippen molar-refractivity contribution in [3.05, 3.63) is 29.6 Å². The maximum atomic E-state index is 13.2. The highest BCUT2D eigenvalue weighted by Crippen LogP contribution is 2.60. The largest absolute Gasteiger partial charge is 0.347 e. The molecular weight excluding hydrogens is 426 g/mol. The van der Waals surface area contributed by atoms with Gasteiger partial charge < -0.3 is 15.2 Å². The Hall–Kier alpha value is -2.70. The first kappa shape index (κ1) is 21.8. The number of carbonyl (C=O) groups is 2. The fraction of sp³-hybridized carbons (Fsp3) is 0.630. The van der Waals surface area contributed by atoms with Crippen molar-refractivity contribution >= 4 is 17.5 Å². The zero-order valence-electron chi connectivity index (χ0n) is 20.1. The molecule has 4 bridgehead atoms. The highest BCUT2D eigenvalue weighted by atomic mass is 16.2. The topological polar surface area (TPSA) is 88.9 Å². The van der Waals surface area contributed by atoms with Crippen LogP contribution in [0.15, 0.2) is 18.2 Å². The second kappa shape index (κ2) is 8.51. The van der Waals surface area contributed by atoms with Gasteiger partial charge in [0.15, 0.2) is 5.82 Å². The zero-order chi connectivity index (χ0) is 23.3. The molecule has 2 aromatic rings. The summed E-state index contributed by atoms with van der Waals surface area (Å²) < 4.78 is 2.22. The summed E-state index contributed by atoms with van der Waals surface area (Å²) in [7, 11) is 0. The van der Waals surface area contributed by atoms with Gasteiger partial charge >= 0.3 is 0 Å². The molecule has 0 atom stereocenters. The number of hydrogen-bond donors (Lipinski definition) is 2. The van der Waals surface area contributed by atoms with Crippen LogP contribution in [0.2, 0.25) is 0 Å². The minimum atomic E-state index is -0.226. The van der Waals surface area contributed by atoms with Crippen molar-refractivity contribution in [2.24, 2.45) is 23.2 Å². The van der Waals surface area contributed by atoms with Crippen LogP contribution < -0.4 is 10.6 Å². The Labute approximate surface area is 201 Å². The Morgan fingerprint density at radius 1 is 1.03 bits per heavy atom. The molecule has 7 nitrogen and oxygen atoms in total. The van der Waals surface area contributed by atoms with E-state index in [-0.39, 0.29) is 23.8 Å². The fourth-order valence-corrected chi connectivity index (χ4v) is 7.53. The first-order valence-corrected chi connectivity index (χ1v) is 13.1. The third-order valence-corrected chi connectivity index (χ3v) is 8.81. The monoisotopic (exact) mass is 461 g/mol. The Morgan fingerprint density at radius 2 is 1.76 bits per heavy atom. The van der Waals surface area contributed by atoms with Crippen LogP contribution in [-0.2, 0) is 22.6 Å². The minimum absolute atomic E-state index is 0.0184. The average Bonchev–Trinajstić information content (AvgIpc) is 3.06. The van der Waals surface area contributed by atoms with Gasteiger partial charge in [-0.1, -0.05) is 18.6 Å². The normalized spacial score (nSPS) is 29.4. The molecule has 0 radical (unpaired) electrons. The summed E-state index contributed by atoms with van der Waals surface area (Å²) in [4.78, 5) is 26.0. The number of rotatable bonds is 5. The molecule has 0 spiro atoms. The van der Waals surface area contributed by atoms with Crippen molar-refractivity contribution in [1.82, 2.24) is 20.1 Å². The lowest BCUT2D eigenvalue weighted by Gasteiger charge is -2.55. The van der Waals surface area contributed by atoms with E-state index in [1.807, 2.05) is 25.1 Å². The predicted molar refractivity (Wildman–Crippen MR) is 130 cm³/mol. The van der Waals surface area contributed by atoms with Gasteiger partial charge in [-0.25, -0.2) is 0 Å². The molecule has 2 N–H and O–H groups in total. The number of anilines is 1. The van der Waals surface area contributed by atoms with Gasteiger partial charge in [-0.3, -0.25) is 9.59 Å². The number of aryl methyl sites for hydroxylation is 2. The van der Waals surface area contributed by atoms with Crippen molar-refractivity contribution in [3.8, 4) is 11.4 Å². The third kappa shape index (κ3) is 3.93. The van der Waals surface area contributed by atoms with E-state index in [1.54, 1.807) is 0 Å². The van der Waals surface area contributed by atoms with E-state index in [1.165, 1.54) is 25.7 Å². The van der Waals surface area contributed by atoms with Gasteiger partial charge in [-0.05, 0) is 87.7 Å². The highest BCUT2D eigenvalue weighted by molar-refractivity contribution is 5.96. The number of carbonyl (C=O) groups excluding carboxylic acids is 2. The van der Waals surface area contributed by atoms with E-state index in [2.05, 4.69) is 25.4 Å². The number of aromatic nitrogens is 3. The number of nitrogens with zero attached hydrogens (tertiary/aromatic N) is 3. The van der Waals surface area contributed by atoms with Gasteiger partial charge in [0, 0.05) is 29.6 Å². The quantitative estimate of drug-likeness (QED) is 0.697. The molecule has 0 saturated heterocycles. The highest BCUT2D eigenvalue weighted by Gasteiger charge is 2.54. The van der Waals surface area contributed by atoms with E-state index < -0.39 is 0 Å². The Bertz CT molecular complexity index is 1080. The zero-order valence-corrected chi connectivity index (χ0v) is 20.1. The van der Waals surface area contributed by atoms with E-state index in [9.17, 15) is 9.59 Å². The molecule has 34 heavy (non-hydrogen) atoms. The Kier molecular flexibility index (Phi) is 5.46. The van der Waals surface area contributed by atoms with Crippen molar-refractivity contribution in [3.63, 3.8) is 0 Å². The van der Waals surface area contributed by atoms with Crippen LogP contribution in [0, 0.1) is 30.1 Å². The van der Waals surface area contributed by atoms with Crippen LogP contribution in [0.25, 0.3) is 11.4 Å². The van der Waals surface area contributed by atoms with Crippen molar-refractivity contribution in [2.75, 3.05) is 11.9 Å². The molecule has 1 aliphatic heterocycles. The van der Waals surface area contributed by atoms with Crippen LogP contribution in [0.3, 0.4) is 0 Å². The molecule has 5 aliphatic rings. The SMILES string of the molecule is Cc1ccc(-c2nnc3n2CCCCC3)cc1NC(=O)CNC(=O)C12CC3CC(CC(C3)C1)C2. The van der Waals surface area contributed by atoms with Gasteiger partial charge in [0.2, 0.25) is 11.8 Å². The molecule has 1 aromatic heterocycles. The van der Waals surface area contributed by atoms with Crippen LogP contribution in [0.4, 0.5) is 5.69 Å². The van der Waals surface area contributed by atoms with E-state index in [0.717, 1.165) is 73.5 Å². The number of amides is 2. The van der Waals surface area contributed by atoms with Crippen LogP contribution in [0.1, 0.15) is 69.2 Å². The number of nitrogens with one attached hydrogen (secondary N) is 2. The first-order chi connectivity index (χ1) is 16.5. The number of hydrogen-bond acceptors (Lipinski definition) is 4. The molecular formula is C27H35N5O2. The molecule has 4 saturated carbocycles. The first-order valence-electron chi connectivity index (χ1n) is 13.1. The molecule has 2 heterocycles. The van der Waals surface area contributed by atoms with Gasteiger partial charge in [0.05, 0.1) is 6.54 Å². The second-order valence-corrected chi connectivity index (χ2v) is 11.4. The average molecular weight is 462 g/mol. The molecule has 180 valence electrons. The van der Waals surface area contributed by atoms with Gasteiger partial charge in [-0.2, -0.15) is 0 Å². The second-order valence-electron chi connectivity index (χ2n) is 11.4. The Balaban J connectivity index is 1.12. The van der Waals surface area contributed by atoms with Crippen molar-refractivity contribution < 1.29 is 9.59 Å². The van der Waals surface area contributed by atoms with E-state index in [4.69, 9.17) is 0 Å². The smallest absolute Gasteiger partial charge is 0.243 e. The lowest BCUT2D eigenvalue weighted by atomic mass is 9.49. The summed E-state index contributed by atoms with van der Waals surface area (Å²) in [5.41, 5.74) is 2.48. The molecule has 7 rings (SSSR count). The van der Waals surface area contributed by atoms with Crippen LogP contribution in [-0.4, -0.2) is 33.1 Å². The summed E-state index contributed by atoms with van der Waals surface area (Å²) in [6, 6.07) is 6.04. The number of fused-ring (bicyclic) bond motifs is 1. The van der Waals surface area contributed by atoms with E-state index >= 15 is 0 Å². The standard InChI is InChI=1S/C27H35N5O2/c1-17-6-7-21(25-31-30-23-5-3-2-4-8-32(23)25)12-22(17)29-24(33)16-28-26(34)27-13-18-9-19(14-27)11-20(10-18)15-27/h6-7,12,18-20H,2-5,8-11,13-16H2,1H3,(H,28,34)(H,29,33). The number of benzene rings is 1. The fourth-order valence-electron chi connectivity index (χ4n) is 7.53. The van der Waals surface area contributed by atoms with Crippen LogP contribution >= 0.6 is 0 Å². The van der Waals surface area contributed by atoms with Crippen molar-refractivity contribution in [1.29, 1.82) is 0 Å².